The number of piperazine rings is 1. The van der Waals surface area contributed by atoms with Gasteiger partial charge in [-0.3, -0.25) is 24.1 Å². The molecule has 3 rings (SSSR count). The number of nitrogens with zero attached hydrogens (tertiary/aromatic N) is 2. The quantitative estimate of drug-likeness (QED) is 0.327. The Balaban J connectivity index is 1.79. The summed E-state index contributed by atoms with van der Waals surface area (Å²) in [5, 5.41) is 5.67. The molecule has 3 N–H and O–H groups in total. The third-order valence-corrected chi connectivity index (χ3v) is 6.54. The van der Waals surface area contributed by atoms with Gasteiger partial charge in [-0.25, -0.2) is 13.2 Å². The van der Waals surface area contributed by atoms with Gasteiger partial charge in [0.2, 0.25) is 11.8 Å². The molecule has 0 spiro atoms. The van der Waals surface area contributed by atoms with Crippen molar-refractivity contribution in [3.8, 4) is 0 Å². The molecular weight excluding hydrogens is 442 g/mol. The molecule has 12 nitrogen and oxygen atoms in total. The smallest absolute Gasteiger partial charge is 0.325 e. The average Bonchev–Trinajstić information content (AvgIpc) is 2.75. The fourth-order valence-electron chi connectivity index (χ4n) is 3.40. The first-order chi connectivity index (χ1) is 15.0. The minimum atomic E-state index is -3.67. The van der Waals surface area contributed by atoms with Crippen molar-refractivity contribution in [1.29, 1.82) is 0 Å². The van der Waals surface area contributed by atoms with Crippen LogP contribution < -0.4 is 16.0 Å². The number of β-lactam (4-membered cyclic amide) rings is 1. The monoisotopic (exact) mass is 465 g/mol. The molecule has 32 heavy (non-hydrogen) atoms. The van der Waals surface area contributed by atoms with E-state index >= 15 is 0 Å². The van der Waals surface area contributed by atoms with Gasteiger partial charge in [-0.15, -0.1) is 0 Å². The molecule has 0 aliphatic carbocycles. The summed E-state index contributed by atoms with van der Waals surface area (Å²) in [5.41, 5.74) is 0.333. The maximum atomic E-state index is 12.9. The summed E-state index contributed by atoms with van der Waals surface area (Å²) in [7, 11) is -3.67. The van der Waals surface area contributed by atoms with Crippen LogP contribution in [0.5, 0.6) is 0 Å². The summed E-state index contributed by atoms with van der Waals surface area (Å²) in [5.74, 6) is -3.36. The van der Waals surface area contributed by atoms with Crippen LogP contribution in [0.4, 0.5) is 4.79 Å². The van der Waals surface area contributed by atoms with Crippen molar-refractivity contribution in [3.05, 3.63) is 35.9 Å². The summed E-state index contributed by atoms with van der Waals surface area (Å²) in [4.78, 5) is 63.9. The molecule has 2 saturated heterocycles. The van der Waals surface area contributed by atoms with E-state index in [-0.39, 0.29) is 13.1 Å². The Morgan fingerprint density at radius 2 is 1.78 bits per heavy atom. The number of carbonyl (C=O) groups excluding carboxylic acids is 5. The van der Waals surface area contributed by atoms with E-state index in [4.69, 9.17) is 0 Å². The van der Waals surface area contributed by atoms with E-state index in [0.29, 0.717) is 17.0 Å². The van der Waals surface area contributed by atoms with Crippen molar-refractivity contribution in [2.45, 2.75) is 24.4 Å². The fourth-order valence-corrected chi connectivity index (χ4v) is 4.42. The Hall–Kier alpha value is -3.48. The Labute approximate surface area is 184 Å². The summed E-state index contributed by atoms with van der Waals surface area (Å²) in [6.07, 6.45) is 0.922. The van der Waals surface area contributed by atoms with Crippen molar-refractivity contribution in [2.75, 3.05) is 25.9 Å². The fraction of sp³-hybridized carbons (Fsp3) is 0.421. The highest BCUT2D eigenvalue weighted by Gasteiger charge is 2.47. The first kappa shape index (κ1) is 23.2. The van der Waals surface area contributed by atoms with Crippen LogP contribution in [0.25, 0.3) is 0 Å². The normalized spacial score (nSPS) is 22.0. The van der Waals surface area contributed by atoms with E-state index in [9.17, 15) is 32.4 Å². The number of nitrogens with one attached hydrogen (secondary N) is 3. The molecule has 172 valence electrons. The molecule has 2 aliphatic heterocycles. The zero-order chi connectivity index (χ0) is 23.6. The summed E-state index contributed by atoms with van der Waals surface area (Å²) in [6, 6.07) is 4.38. The number of hydrogen-bond acceptors (Lipinski definition) is 7. The van der Waals surface area contributed by atoms with E-state index in [1.807, 2.05) is 0 Å². The maximum Gasteiger partial charge on any atom is 0.325 e. The molecule has 0 bridgehead atoms. The van der Waals surface area contributed by atoms with E-state index < -0.39 is 57.0 Å². The SMILES string of the molecule is CCN1CCN(C(=O)N[C@@H](C(=O)N[C@@H]2C(=O)N[C@@H]2S(C)(=O)=O)c2ccccc2)C(=O)C1=O. The molecule has 3 atom stereocenters. The van der Waals surface area contributed by atoms with Gasteiger partial charge in [-0.05, 0) is 12.5 Å². The van der Waals surface area contributed by atoms with Crippen molar-refractivity contribution in [2.24, 2.45) is 0 Å². The number of sulfone groups is 1. The molecule has 1 aromatic carbocycles. The van der Waals surface area contributed by atoms with Crippen LogP contribution >= 0.6 is 0 Å². The van der Waals surface area contributed by atoms with Crippen LogP contribution in [0.3, 0.4) is 0 Å². The molecule has 0 saturated carbocycles. The molecule has 2 fully saturated rings. The highest BCUT2D eigenvalue weighted by molar-refractivity contribution is 7.91. The number of hydrogen-bond donors (Lipinski definition) is 3. The first-order valence-corrected chi connectivity index (χ1v) is 11.8. The average molecular weight is 465 g/mol. The lowest BCUT2D eigenvalue weighted by molar-refractivity contribution is -0.153. The number of likely N-dealkylation sites (N-methyl/N-ethyl adjacent to an activating group) is 1. The van der Waals surface area contributed by atoms with Crippen LogP contribution in [-0.2, 0) is 29.0 Å². The van der Waals surface area contributed by atoms with E-state index in [1.165, 1.54) is 4.90 Å². The van der Waals surface area contributed by atoms with Gasteiger partial charge < -0.3 is 20.9 Å². The summed E-state index contributed by atoms with van der Waals surface area (Å²) >= 11 is 0. The Morgan fingerprint density at radius 1 is 1.12 bits per heavy atom. The molecule has 1 aromatic rings. The van der Waals surface area contributed by atoms with Crippen molar-refractivity contribution >= 4 is 39.5 Å². The third-order valence-electron chi connectivity index (χ3n) is 5.23. The van der Waals surface area contributed by atoms with Crippen molar-refractivity contribution in [3.63, 3.8) is 0 Å². The van der Waals surface area contributed by atoms with Crippen LogP contribution in [-0.4, -0.2) is 85.2 Å². The van der Waals surface area contributed by atoms with E-state index in [2.05, 4.69) is 16.0 Å². The van der Waals surface area contributed by atoms with Gasteiger partial charge in [0.15, 0.2) is 15.2 Å². The van der Waals surface area contributed by atoms with Gasteiger partial charge in [-0.1, -0.05) is 30.3 Å². The molecule has 0 aromatic heterocycles. The Kier molecular flexibility index (Phi) is 6.48. The highest BCUT2D eigenvalue weighted by Crippen LogP contribution is 2.18. The summed E-state index contributed by atoms with van der Waals surface area (Å²) < 4.78 is 23.6. The second-order valence-corrected chi connectivity index (χ2v) is 9.55. The van der Waals surface area contributed by atoms with Crippen molar-refractivity contribution in [1.82, 2.24) is 25.8 Å². The van der Waals surface area contributed by atoms with Gasteiger partial charge in [0.05, 0.1) is 0 Å². The van der Waals surface area contributed by atoms with Crippen LogP contribution in [0.2, 0.25) is 0 Å². The van der Waals surface area contributed by atoms with E-state index in [1.54, 1.807) is 37.3 Å². The molecule has 2 aliphatic rings. The number of amides is 6. The molecule has 6 amide bonds. The topological polar surface area (TPSA) is 162 Å². The van der Waals surface area contributed by atoms with Gasteiger partial charge in [0.25, 0.3) is 0 Å². The molecule has 0 radical (unpaired) electrons. The number of benzene rings is 1. The molecule has 0 unspecified atom stereocenters. The number of carbonyl (C=O) groups is 5. The lowest BCUT2D eigenvalue weighted by Crippen LogP contribution is -2.72. The summed E-state index contributed by atoms with van der Waals surface area (Å²) in [6.45, 7) is 2.14. The van der Waals surface area contributed by atoms with Crippen molar-refractivity contribution < 1.29 is 32.4 Å². The molecule has 13 heteroatoms. The van der Waals surface area contributed by atoms with Gasteiger partial charge in [-0.2, -0.15) is 0 Å². The standard InChI is InChI=1S/C19H23N5O7S/c1-3-23-9-10-24(18(28)17(23)27)19(29)21-12(11-7-5-4-6-8-11)14(25)20-13-15(26)22-16(13)32(2,30)31/h4-8,12-13,16H,3,9-10H2,1-2H3,(H,20,25)(H,21,29)(H,22,26)/t12-,13-,16-/m1/s1. The lowest BCUT2D eigenvalue weighted by Gasteiger charge is -2.36. The first-order valence-electron chi connectivity index (χ1n) is 9.80. The predicted octanol–water partition coefficient (Wildman–Crippen LogP) is -1.89. The number of urea groups is 1. The maximum absolute atomic E-state index is 12.9. The third kappa shape index (κ3) is 4.56. The number of rotatable bonds is 6. The zero-order valence-electron chi connectivity index (χ0n) is 17.4. The zero-order valence-corrected chi connectivity index (χ0v) is 18.2. The second kappa shape index (κ2) is 8.94. The van der Waals surface area contributed by atoms with E-state index in [0.717, 1.165) is 6.26 Å². The number of imide groups is 1. The van der Waals surface area contributed by atoms with Gasteiger partial charge >= 0.3 is 17.8 Å². The van der Waals surface area contributed by atoms with Gasteiger partial charge in [0, 0.05) is 25.9 Å². The van der Waals surface area contributed by atoms with Crippen LogP contribution in [0.1, 0.15) is 18.5 Å². The molecular formula is C19H23N5O7S. The molecule has 2 heterocycles. The minimum Gasteiger partial charge on any atom is -0.340 e. The minimum absolute atomic E-state index is 0.0471. The van der Waals surface area contributed by atoms with Gasteiger partial charge in [0.1, 0.15) is 12.1 Å². The lowest BCUT2D eigenvalue weighted by atomic mass is 10.0. The van der Waals surface area contributed by atoms with Crippen LogP contribution in [0.15, 0.2) is 30.3 Å². The van der Waals surface area contributed by atoms with Crippen LogP contribution in [0, 0.1) is 0 Å². The highest BCUT2D eigenvalue weighted by atomic mass is 32.2. The Morgan fingerprint density at radius 3 is 2.34 bits per heavy atom. The largest absolute Gasteiger partial charge is 0.340 e. The predicted molar refractivity (Wildman–Crippen MR) is 110 cm³/mol. The second-order valence-electron chi connectivity index (χ2n) is 7.38. The Bertz CT molecular complexity index is 1060.